The van der Waals surface area contributed by atoms with Gasteiger partial charge in [0.1, 0.15) is 11.7 Å². The van der Waals surface area contributed by atoms with E-state index in [1.165, 1.54) is 16.2 Å². The lowest BCUT2D eigenvalue weighted by molar-refractivity contribution is -0.155. The first-order valence-electron chi connectivity index (χ1n) is 18.2. The number of hydrogen-bond donors (Lipinski definition) is 4. The zero-order chi connectivity index (χ0) is 37.3. The van der Waals surface area contributed by atoms with Crippen LogP contribution in [0.3, 0.4) is 0 Å². The Morgan fingerprint density at radius 3 is 2.50 bits per heavy atom. The Morgan fingerprint density at radius 2 is 1.84 bits per heavy atom. The molecule has 3 N–H and O–H groups in total. The Morgan fingerprint density at radius 1 is 1.10 bits per heavy atom. The summed E-state index contributed by atoms with van der Waals surface area (Å²) in [6.07, 6.45) is 9.94. The van der Waals surface area contributed by atoms with Crippen molar-refractivity contribution in [2.45, 2.75) is 104 Å². The summed E-state index contributed by atoms with van der Waals surface area (Å²) >= 11 is 1.35. The van der Waals surface area contributed by atoms with Gasteiger partial charge in [0.25, 0.3) is 5.91 Å². The lowest BCUT2D eigenvalue weighted by Crippen LogP contribution is -2.57. The topological polar surface area (TPSA) is 167 Å². The molecule has 50 heavy (non-hydrogen) atoms. The molecule has 1 aromatic heterocycles. The van der Waals surface area contributed by atoms with Gasteiger partial charge in [-0.2, -0.15) is 0 Å². The highest BCUT2D eigenvalue weighted by atomic mass is 32.2. The van der Waals surface area contributed by atoms with Gasteiger partial charge in [-0.3, -0.25) is 33.1 Å². The number of thiol groups is 1. The number of ether oxygens (including phenoxy) is 1. The zero-order valence-corrected chi connectivity index (χ0v) is 33.0. The molecule has 1 aromatic rings. The van der Waals surface area contributed by atoms with Crippen LogP contribution in [0.5, 0.6) is 0 Å². The van der Waals surface area contributed by atoms with Gasteiger partial charge in [0.2, 0.25) is 17.7 Å². The van der Waals surface area contributed by atoms with Crippen LogP contribution in [0.2, 0.25) is 0 Å². The number of rotatable bonds is 22. The molecule has 4 amide bonds. The van der Waals surface area contributed by atoms with E-state index in [1.807, 2.05) is 32.7 Å². The molecule has 2 rings (SSSR count). The Kier molecular flexibility index (Phi) is 19.1. The maximum absolute atomic E-state index is 13.9. The van der Waals surface area contributed by atoms with Crippen molar-refractivity contribution in [3.63, 3.8) is 0 Å². The van der Waals surface area contributed by atoms with Gasteiger partial charge >= 0.3 is 5.97 Å². The highest BCUT2D eigenvalue weighted by molar-refractivity contribution is 8.01. The number of nitrogens with zero attached hydrogens (tertiary/aromatic N) is 3. The number of aromatic nitrogens is 1. The Hall–Kier alpha value is -2.91. The van der Waals surface area contributed by atoms with Crippen molar-refractivity contribution < 1.29 is 32.9 Å². The summed E-state index contributed by atoms with van der Waals surface area (Å²) in [6.45, 7) is 9.31. The van der Waals surface area contributed by atoms with Crippen LogP contribution in [-0.4, -0.2) is 119 Å². The van der Waals surface area contributed by atoms with E-state index >= 15 is 0 Å². The molecule has 1 aliphatic heterocycles. The fraction of sp³-hybridized carbons (Fsp3) is 0.771. The van der Waals surface area contributed by atoms with Gasteiger partial charge in [-0.25, -0.2) is 4.98 Å². The molecule has 0 radical (unpaired) electrons. The average molecular weight is 743 g/mol. The van der Waals surface area contributed by atoms with Crippen molar-refractivity contribution in [3.05, 3.63) is 16.1 Å². The SMILES string of the molecule is CCCC(=O)OCN(CCCc1nc(C(=O)NCC[C@H](C)C(=O)NCCC[SH](C)(C)=O)cs1)C(=O)[C@@H](NC(=O)[C@H]1CCCCN1C)[C@@H](C)CC. The van der Waals surface area contributed by atoms with Gasteiger partial charge in [-0.1, -0.05) is 40.5 Å². The Balaban J connectivity index is 1.94. The van der Waals surface area contributed by atoms with Gasteiger partial charge in [-0.15, -0.1) is 21.3 Å². The summed E-state index contributed by atoms with van der Waals surface area (Å²) in [5.74, 6) is -1.07. The third kappa shape index (κ3) is 15.5. The van der Waals surface area contributed by atoms with Crippen LogP contribution in [0.25, 0.3) is 0 Å². The lowest BCUT2D eigenvalue weighted by atomic mass is 9.96. The Labute approximate surface area is 303 Å². The highest BCUT2D eigenvalue weighted by Gasteiger charge is 2.34. The molecule has 0 aromatic carbocycles. The molecular formula is C35H62N6O7S2. The number of aryl methyl sites for hydroxylation is 1. The third-order valence-electron chi connectivity index (χ3n) is 9.08. The van der Waals surface area contributed by atoms with E-state index in [9.17, 15) is 28.2 Å². The number of esters is 1. The summed E-state index contributed by atoms with van der Waals surface area (Å²) < 4.78 is 17.3. The maximum atomic E-state index is 13.9. The predicted octanol–water partition coefficient (Wildman–Crippen LogP) is 2.76. The van der Waals surface area contributed by atoms with Crippen molar-refractivity contribution in [1.29, 1.82) is 0 Å². The van der Waals surface area contributed by atoms with Gasteiger partial charge < -0.3 is 25.6 Å². The van der Waals surface area contributed by atoms with Gasteiger partial charge in [0.15, 0.2) is 6.73 Å². The molecular weight excluding hydrogens is 681 g/mol. The van der Waals surface area contributed by atoms with Crippen LogP contribution in [0.4, 0.5) is 0 Å². The predicted molar refractivity (Wildman–Crippen MR) is 200 cm³/mol. The van der Waals surface area contributed by atoms with Crippen LogP contribution in [0.1, 0.15) is 101 Å². The van der Waals surface area contributed by atoms with Gasteiger partial charge in [-0.05, 0) is 70.5 Å². The van der Waals surface area contributed by atoms with Crippen LogP contribution >= 0.6 is 11.3 Å². The van der Waals surface area contributed by atoms with Crippen LogP contribution in [0.15, 0.2) is 5.38 Å². The molecule has 15 heteroatoms. The number of carbonyl (C=O) groups is 5. The van der Waals surface area contributed by atoms with Crippen LogP contribution in [-0.2, 0) is 40.3 Å². The summed E-state index contributed by atoms with van der Waals surface area (Å²) in [4.78, 5) is 72.6. The second kappa shape index (κ2) is 22.1. The molecule has 13 nitrogen and oxygen atoms in total. The maximum Gasteiger partial charge on any atom is 0.307 e. The van der Waals surface area contributed by atoms with Crippen LogP contribution < -0.4 is 16.0 Å². The van der Waals surface area contributed by atoms with Crippen molar-refractivity contribution in [2.75, 3.05) is 58.2 Å². The third-order valence-corrected chi connectivity index (χ3v) is 11.4. The number of thiazole rings is 1. The Bertz CT molecular complexity index is 1300. The zero-order valence-electron chi connectivity index (χ0n) is 31.3. The number of nitrogens with one attached hydrogen (secondary N) is 3. The minimum Gasteiger partial charge on any atom is -0.444 e. The van der Waals surface area contributed by atoms with E-state index in [0.717, 1.165) is 30.8 Å². The normalized spacial score (nSPS) is 17.2. The van der Waals surface area contributed by atoms with E-state index in [-0.39, 0.29) is 67.2 Å². The molecule has 0 aliphatic carbocycles. The quantitative estimate of drug-likeness (QED) is 0.0605. The second-order valence-corrected chi connectivity index (χ2v) is 18.5. The number of hydrogen-bond acceptors (Lipinski definition) is 10. The van der Waals surface area contributed by atoms with E-state index in [4.69, 9.17) is 4.74 Å². The van der Waals surface area contributed by atoms with E-state index in [2.05, 4.69) is 20.9 Å². The fourth-order valence-electron chi connectivity index (χ4n) is 5.62. The molecule has 2 heterocycles. The van der Waals surface area contributed by atoms with Crippen LogP contribution in [0, 0.1) is 11.8 Å². The standard InChI is InChI=1S/C35H62N6O7S2/c1-8-14-30(42)48-24-41(35(46)31(25(3)9-2)39-34(45)28-15-10-11-20-40(28)5)21-12-16-29-38-27(23-49-29)33(44)37-19-17-26(4)32(43)36-18-13-22-50(6,7)47/h23,25-26,28,31,50H,8-22,24H2,1-7H3,(H,36,43)(H,37,44)(H,39,45)/t25-,26-,28+,31-/m0/s1. The molecule has 1 saturated heterocycles. The molecule has 0 unspecified atom stereocenters. The second-order valence-electron chi connectivity index (χ2n) is 14.0. The first-order valence-corrected chi connectivity index (χ1v) is 21.8. The molecule has 0 spiro atoms. The van der Waals surface area contributed by atoms with Crippen molar-refractivity contribution in [1.82, 2.24) is 30.7 Å². The number of amides is 4. The lowest BCUT2D eigenvalue weighted by Gasteiger charge is -2.35. The molecule has 1 aliphatic rings. The number of likely N-dealkylation sites (N-methyl/N-ethyl adjacent to an activating group) is 1. The largest absolute Gasteiger partial charge is 0.444 e. The molecule has 0 saturated carbocycles. The fourth-order valence-corrected chi connectivity index (χ4v) is 7.36. The summed E-state index contributed by atoms with van der Waals surface area (Å²) in [6, 6.07) is -1.04. The van der Waals surface area contributed by atoms with Gasteiger partial charge in [0.05, 0.1) is 11.0 Å². The minimum absolute atomic E-state index is 0.0976. The van der Waals surface area contributed by atoms with Crippen molar-refractivity contribution in [3.8, 4) is 0 Å². The van der Waals surface area contributed by atoms with Crippen molar-refractivity contribution >= 4 is 50.9 Å². The molecule has 4 atom stereocenters. The van der Waals surface area contributed by atoms with E-state index in [1.54, 1.807) is 24.8 Å². The minimum atomic E-state index is -2.10. The number of carbonyl (C=O) groups excluding carboxylic acids is 5. The smallest absolute Gasteiger partial charge is 0.307 e. The molecule has 1 fully saturated rings. The highest BCUT2D eigenvalue weighted by Crippen LogP contribution is 2.18. The number of likely N-dealkylation sites (tertiary alicyclic amines) is 1. The molecule has 286 valence electrons. The first-order chi connectivity index (χ1) is 23.7. The van der Waals surface area contributed by atoms with Crippen molar-refractivity contribution in [2.24, 2.45) is 11.8 Å². The number of piperidine rings is 1. The summed E-state index contributed by atoms with van der Waals surface area (Å²) in [5.41, 5.74) is 0.291. The monoisotopic (exact) mass is 742 g/mol. The summed E-state index contributed by atoms with van der Waals surface area (Å²) in [5, 5.41) is 11.1. The molecule has 0 bridgehead atoms. The summed E-state index contributed by atoms with van der Waals surface area (Å²) in [7, 11) is -0.165. The average Bonchev–Trinajstić information content (AvgIpc) is 3.55. The van der Waals surface area contributed by atoms with E-state index < -0.39 is 16.0 Å². The first kappa shape index (κ1) is 43.3. The van der Waals surface area contributed by atoms with Gasteiger partial charge in [0, 0.05) is 49.5 Å². The van der Waals surface area contributed by atoms with E-state index in [0.29, 0.717) is 63.1 Å².